The Morgan fingerprint density at radius 1 is 1.04 bits per heavy atom. The van der Waals surface area contributed by atoms with Gasteiger partial charge in [0, 0.05) is 12.3 Å². The molecule has 1 heterocycles. The van der Waals surface area contributed by atoms with E-state index in [1.807, 2.05) is 35.2 Å². The van der Waals surface area contributed by atoms with Crippen LogP contribution >= 0.6 is 0 Å². The summed E-state index contributed by atoms with van der Waals surface area (Å²) >= 11 is 0. The highest BCUT2D eigenvalue weighted by Crippen LogP contribution is 2.43. The molecule has 142 valence electrons. The highest BCUT2D eigenvalue weighted by atomic mass is 16.5. The maximum atomic E-state index is 12.6. The minimum Gasteiger partial charge on any atom is -0.484 e. The number of benzene rings is 2. The number of carbonyl (C=O) groups is 1. The van der Waals surface area contributed by atoms with Gasteiger partial charge in [0.2, 0.25) is 0 Å². The fourth-order valence-electron chi connectivity index (χ4n) is 5.65. The molecule has 1 amide bonds. The summed E-state index contributed by atoms with van der Waals surface area (Å²) in [6.45, 7) is 4.11. The van der Waals surface area contributed by atoms with E-state index < -0.39 is 0 Å². The van der Waals surface area contributed by atoms with E-state index in [0.717, 1.165) is 55.2 Å². The number of nitrogens with one attached hydrogen (secondary N) is 1. The monoisotopic (exact) mass is 365 g/mol. The predicted molar refractivity (Wildman–Crippen MR) is 106 cm³/mol. The zero-order valence-electron chi connectivity index (χ0n) is 15.9. The Bertz CT molecular complexity index is 828. The number of nitrogens with zero attached hydrogens (tertiary/aromatic N) is 1. The molecule has 1 N–H and O–H groups in total. The molecule has 1 saturated heterocycles. The standard InChI is InChI=1S/C23H28N2O2/c26-23(16-27-21-8-7-18-3-1-2-4-19(18)15-21)25-11-9-24(10-12-25)22-14-17-5-6-20(22)13-17/h1-4,7-8,15,17,20,22H,5-6,9-14,16H2/p+1/t17-,20+,22+/m0/s1. The third kappa shape index (κ3) is 3.43. The van der Waals surface area contributed by atoms with Gasteiger partial charge in [-0.15, -0.1) is 0 Å². The van der Waals surface area contributed by atoms with Gasteiger partial charge < -0.3 is 14.5 Å². The number of amides is 1. The average molecular weight is 365 g/mol. The van der Waals surface area contributed by atoms with Crippen molar-refractivity contribution in [2.75, 3.05) is 32.8 Å². The Morgan fingerprint density at radius 2 is 1.85 bits per heavy atom. The molecule has 4 nitrogen and oxygen atoms in total. The minimum absolute atomic E-state index is 0.121. The number of ether oxygens (including phenoxy) is 1. The van der Waals surface area contributed by atoms with Crippen LogP contribution in [0, 0.1) is 11.8 Å². The Labute approximate surface area is 161 Å². The van der Waals surface area contributed by atoms with Gasteiger partial charge in [-0.05, 0) is 48.1 Å². The summed E-state index contributed by atoms with van der Waals surface area (Å²) in [5.41, 5.74) is 0. The summed E-state index contributed by atoms with van der Waals surface area (Å²) in [6, 6.07) is 15.1. The van der Waals surface area contributed by atoms with Crippen LogP contribution in [-0.2, 0) is 4.79 Å². The SMILES string of the molecule is O=C(COc1ccc2ccccc2c1)N1CC[NH+]([C@@H]2C[C@H]3CC[C@@H]2C3)CC1. The molecule has 4 heteroatoms. The fraction of sp³-hybridized carbons (Fsp3) is 0.522. The topological polar surface area (TPSA) is 34.0 Å². The van der Waals surface area contributed by atoms with Crippen molar-refractivity contribution in [2.24, 2.45) is 11.8 Å². The van der Waals surface area contributed by atoms with E-state index in [2.05, 4.69) is 12.1 Å². The zero-order chi connectivity index (χ0) is 18.2. The Balaban J connectivity index is 1.13. The summed E-state index contributed by atoms with van der Waals surface area (Å²) in [5.74, 6) is 2.86. The second-order valence-electron chi connectivity index (χ2n) is 8.62. The maximum Gasteiger partial charge on any atom is 0.260 e. The molecule has 3 atom stereocenters. The molecule has 3 fully saturated rings. The van der Waals surface area contributed by atoms with Crippen molar-refractivity contribution in [1.29, 1.82) is 0 Å². The van der Waals surface area contributed by atoms with E-state index in [1.165, 1.54) is 31.1 Å². The predicted octanol–water partition coefficient (Wildman–Crippen LogP) is 2.13. The number of rotatable bonds is 4. The molecule has 5 rings (SSSR count). The molecular weight excluding hydrogens is 336 g/mol. The van der Waals surface area contributed by atoms with E-state index in [4.69, 9.17) is 4.74 Å². The van der Waals surface area contributed by atoms with Crippen molar-refractivity contribution < 1.29 is 14.4 Å². The molecule has 1 aliphatic heterocycles. The zero-order valence-corrected chi connectivity index (χ0v) is 15.9. The van der Waals surface area contributed by atoms with Gasteiger partial charge >= 0.3 is 0 Å². The smallest absolute Gasteiger partial charge is 0.260 e. The third-order valence-corrected chi connectivity index (χ3v) is 7.10. The number of fused-ring (bicyclic) bond motifs is 3. The number of carbonyl (C=O) groups excluding carboxylic acids is 1. The van der Waals surface area contributed by atoms with Crippen LogP contribution < -0.4 is 9.64 Å². The summed E-state index contributed by atoms with van der Waals surface area (Å²) in [5, 5.41) is 2.33. The first kappa shape index (κ1) is 17.1. The van der Waals surface area contributed by atoms with Gasteiger partial charge in [0.25, 0.3) is 5.91 Å². The Hall–Kier alpha value is -2.07. The second kappa shape index (κ2) is 7.16. The molecule has 2 bridgehead atoms. The van der Waals surface area contributed by atoms with Crippen molar-refractivity contribution in [2.45, 2.75) is 31.7 Å². The van der Waals surface area contributed by atoms with E-state index in [-0.39, 0.29) is 12.5 Å². The highest BCUT2D eigenvalue weighted by molar-refractivity contribution is 5.84. The lowest BCUT2D eigenvalue weighted by atomic mass is 9.93. The molecule has 2 aromatic carbocycles. The van der Waals surface area contributed by atoms with Crippen LogP contribution in [0.2, 0.25) is 0 Å². The average Bonchev–Trinajstić information content (AvgIpc) is 3.36. The van der Waals surface area contributed by atoms with Gasteiger partial charge in [-0.1, -0.05) is 30.3 Å². The van der Waals surface area contributed by atoms with Crippen molar-refractivity contribution in [1.82, 2.24) is 4.90 Å². The van der Waals surface area contributed by atoms with Crippen LogP contribution in [0.25, 0.3) is 10.8 Å². The first-order valence-corrected chi connectivity index (χ1v) is 10.5. The van der Waals surface area contributed by atoms with Crippen LogP contribution in [0.1, 0.15) is 25.7 Å². The van der Waals surface area contributed by atoms with Crippen LogP contribution in [0.5, 0.6) is 5.75 Å². The lowest BCUT2D eigenvalue weighted by molar-refractivity contribution is -0.932. The number of hydrogen-bond donors (Lipinski definition) is 1. The molecule has 0 aromatic heterocycles. The minimum atomic E-state index is 0.121. The molecule has 0 unspecified atom stereocenters. The van der Waals surface area contributed by atoms with Crippen LogP contribution in [0.4, 0.5) is 0 Å². The Kier molecular flexibility index (Phi) is 4.52. The molecule has 3 aliphatic rings. The summed E-state index contributed by atoms with van der Waals surface area (Å²) < 4.78 is 5.80. The molecule has 2 aliphatic carbocycles. The van der Waals surface area contributed by atoms with Crippen molar-refractivity contribution in [3.05, 3.63) is 42.5 Å². The maximum absolute atomic E-state index is 12.6. The van der Waals surface area contributed by atoms with Crippen molar-refractivity contribution >= 4 is 16.7 Å². The quantitative estimate of drug-likeness (QED) is 0.901. The first-order valence-electron chi connectivity index (χ1n) is 10.5. The first-order chi connectivity index (χ1) is 13.3. The number of piperazine rings is 1. The van der Waals surface area contributed by atoms with Gasteiger partial charge in [0.1, 0.15) is 5.75 Å². The van der Waals surface area contributed by atoms with E-state index in [9.17, 15) is 4.79 Å². The van der Waals surface area contributed by atoms with Crippen LogP contribution in [0.3, 0.4) is 0 Å². The molecule has 2 saturated carbocycles. The normalized spacial score (nSPS) is 28.0. The van der Waals surface area contributed by atoms with Crippen molar-refractivity contribution in [3.63, 3.8) is 0 Å². The molecule has 2 aromatic rings. The second-order valence-corrected chi connectivity index (χ2v) is 8.62. The molecule has 0 spiro atoms. The van der Waals surface area contributed by atoms with Crippen LogP contribution in [-0.4, -0.2) is 49.6 Å². The van der Waals surface area contributed by atoms with Gasteiger partial charge in [-0.3, -0.25) is 4.79 Å². The lowest BCUT2D eigenvalue weighted by Crippen LogP contribution is -3.18. The Morgan fingerprint density at radius 3 is 2.59 bits per heavy atom. The van der Waals surface area contributed by atoms with E-state index in [1.54, 1.807) is 4.90 Å². The van der Waals surface area contributed by atoms with E-state index >= 15 is 0 Å². The lowest BCUT2D eigenvalue weighted by Gasteiger charge is -2.38. The van der Waals surface area contributed by atoms with Gasteiger partial charge in [0.15, 0.2) is 6.61 Å². The molecular formula is C23H29N2O2+. The third-order valence-electron chi connectivity index (χ3n) is 7.10. The summed E-state index contributed by atoms with van der Waals surface area (Å²) in [7, 11) is 0. The number of quaternary nitrogens is 1. The van der Waals surface area contributed by atoms with Gasteiger partial charge in [-0.25, -0.2) is 0 Å². The van der Waals surface area contributed by atoms with Gasteiger partial charge in [-0.2, -0.15) is 0 Å². The highest BCUT2D eigenvalue weighted by Gasteiger charge is 2.45. The largest absolute Gasteiger partial charge is 0.484 e. The van der Waals surface area contributed by atoms with Crippen LogP contribution in [0.15, 0.2) is 42.5 Å². The van der Waals surface area contributed by atoms with Crippen molar-refractivity contribution in [3.8, 4) is 5.75 Å². The molecule has 27 heavy (non-hydrogen) atoms. The fourth-order valence-corrected chi connectivity index (χ4v) is 5.65. The summed E-state index contributed by atoms with van der Waals surface area (Å²) in [6.07, 6.45) is 5.81. The summed E-state index contributed by atoms with van der Waals surface area (Å²) in [4.78, 5) is 16.3. The van der Waals surface area contributed by atoms with E-state index in [0.29, 0.717) is 0 Å². The number of hydrogen-bond acceptors (Lipinski definition) is 2. The molecule has 0 radical (unpaired) electrons. The van der Waals surface area contributed by atoms with Gasteiger partial charge in [0.05, 0.1) is 32.2 Å².